The summed E-state index contributed by atoms with van der Waals surface area (Å²) in [6.45, 7) is 0.380. The van der Waals surface area contributed by atoms with Crippen molar-refractivity contribution in [2.75, 3.05) is 12.3 Å². The predicted molar refractivity (Wildman–Crippen MR) is 89.4 cm³/mol. The second kappa shape index (κ2) is 7.29. The van der Waals surface area contributed by atoms with Crippen molar-refractivity contribution in [2.45, 2.75) is 9.10 Å². The number of sulfonamides is 1. The molecule has 20 heavy (non-hydrogen) atoms. The Morgan fingerprint density at radius 3 is 2.50 bits per heavy atom. The minimum absolute atomic E-state index is 0.320. The van der Waals surface area contributed by atoms with Gasteiger partial charge >= 0.3 is 0 Å². The van der Waals surface area contributed by atoms with Crippen LogP contribution in [-0.2, 0) is 10.0 Å². The van der Waals surface area contributed by atoms with Crippen LogP contribution in [0.1, 0.15) is 0 Å². The Kier molecular flexibility index (Phi) is 5.95. The molecule has 0 radical (unpaired) electrons. The number of nitrogens with one attached hydrogen (secondary N) is 1. The van der Waals surface area contributed by atoms with Crippen LogP contribution in [0.15, 0.2) is 49.3 Å². The van der Waals surface area contributed by atoms with Crippen molar-refractivity contribution in [3.63, 3.8) is 0 Å². The van der Waals surface area contributed by atoms with Gasteiger partial charge in [0.2, 0.25) is 10.0 Å². The first-order chi connectivity index (χ1) is 9.47. The highest BCUT2D eigenvalue weighted by molar-refractivity contribution is 9.11. The van der Waals surface area contributed by atoms with E-state index >= 15 is 0 Å². The minimum Gasteiger partial charge on any atom is -0.210 e. The number of halogens is 2. The van der Waals surface area contributed by atoms with Gasteiger partial charge in [-0.15, -0.1) is 23.1 Å². The van der Waals surface area contributed by atoms with Gasteiger partial charge in [0.25, 0.3) is 0 Å². The van der Waals surface area contributed by atoms with E-state index < -0.39 is 10.0 Å². The SMILES string of the molecule is O=S(=O)(NCCSc1ccc(Cl)cc1)c1ccc(Br)s1. The molecule has 2 rings (SSSR count). The molecule has 0 bridgehead atoms. The van der Waals surface area contributed by atoms with E-state index in [0.717, 1.165) is 8.68 Å². The molecule has 2 aromatic rings. The topological polar surface area (TPSA) is 46.2 Å². The van der Waals surface area contributed by atoms with Gasteiger partial charge in [0.05, 0.1) is 3.79 Å². The van der Waals surface area contributed by atoms with Crippen molar-refractivity contribution in [3.05, 3.63) is 45.2 Å². The summed E-state index contributed by atoms with van der Waals surface area (Å²) in [5, 5.41) is 0.693. The molecule has 0 saturated heterocycles. The summed E-state index contributed by atoms with van der Waals surface area (Å²) in [4.78, 5) is 1.06. The number of benzene rings is 1. The first-order valence-electron chi connectivity index (χ1n) is 5.61. The van der Waals surface area contributed by atoms with Gasteiger partial charge in [-0.3, -0.25) is 0 Å². The lowest BCUT2D eigenvalue weighted by molar-refractivity contribution is 0.586. The monoisotopic (exact) mass is 411 g/mol. The molecule has 0 aliphatic rings. The Labute approximate surface area is 139 Å². The number of rotatable bonds is 6. The van der Waals surface area contributed by atoms with Crippen LogP contribution in [0.5, 0.6) is 0 Å². The van der Waals surface area contributed by atoms with E-state index in [0.29, 0.717) is 21.5 Å². The maximum Gasteiger partial charge on any atom is 0.250 e. The van der Waals surface area contributed by atoms with Gasteiger partial charge in [0.1, 0.15) is 4.21 Å². The molecule has 1 aromatic carbocycles. The summed E-state index contributed by atoms with van der Waals surface area (Å²) >= 11 is 11.8. The molecule has 3 nitrogen and oxygen atoms in total. The third-order valence-electron chi connectivity index (χ3n) is 2.29. The Morgan fingerprint density at radius 1 is 1.20 bits per heavy atom. The molecule has 0 aliphatic carbocycles. The number of thioether (sulfide) groups is 1. The normalized spacial score (nSPS) is 11.7. The van der Waals surface area contributed by atoms with Crippen LogP contribution in [0.3, 0.4) is 0 Å². The van der Waals surface area contributed by atoms with Crippen LogP contribution in [0.4, 0.5) is 0 Å². The first kappa shape index (κ1) is 16.3. The second-order valence-electron chi connectivity index (χ2n) is 3.76. The number of hydrogen-bond donors (Lipinski definition) is 1. The first-order valence-corrected chi connectivity index (χ1v) is 10.1. The zero-order chi connectivity index (χ0) is 14.6. The standard InChI is InChI=1S/C12H11BrClNO2S3/c13-11-5-6-12(19-11)20(16,17)15-7-8-18-10-3-1-9(14)2-4-10/h1-6,15H,7-8H2. The van der Waals surface area contributed by atoms with E-state index in [1.807, 2.05) is 24.3 Å². The van der Waals surface area contributed by atoms with Crippen molar-refractivity contribution in [1.29, 1.82) is 0 Å². The van der Waals surface area contributed by atoms with E-state index in [1.54, 1.807) is 23.9 Å². The van der Waals surface area contributed by atoms with Gasteiger partial charge in [-0.1, -0.05) is 11.6 Å². The van der Waals surface area contributed by atoms with Crippen molar-refractivity contribution in [2.24, 2.45) is 0 Å². The van der Waals surface area contributed by atoms with Gasteiger partial charge in [-0.05, 0) is 52.3 Å². The highest BCUT2D eigenvalue weighted by atomic mass is 79.9. The summed E-state index contributed by atoms with van der Waals surface area (Å²) in [6, 6.07) is 10.8. The summed E-state index contributed by atoms with van der Waals surface area (Å²) in [6.07, 6.45) is 0. The van der Waals surface area contributed by atoms with Crippen molar-refractivity contribution in [3.8, 4) is 0 Å². The Bertz CT molecular complexity index is 670. The fourth-order valence-corrected chi connectivity index (χ4v) is 5.50. The van der Waals surface area contributed by atoms with Crippen molar-refractivity contribution in [1.82, 2.24) is 4.72 Å². The lowest BCUT2D eigenvalue weighted by Gasteiger charge is -2.05. The molecule has 0 saturated carbocycles. The zero-order valence-electron chi connectivity index (χ0n) is 10.2. The Morgan fingerprint density at radius 2 is 1.90 bits per heavy atom. The van der Waals surface area contributed by atoms with Crippen molar-refractivity contribution >= 4 is 60.7 Å². The van der Waals surface area contributed by atoms with Gasteiger partial charge in [-0.25, -0.2) is 13.1 Å². The van der Waals surface area contributed by atoms with E-state index in [1.165, 1.54) is 11.3 Å². The lowest BCUT2D eigenvalue weighted by atomic mass is 10.4. The van der Waals surface area contributed by atoms with Crippen LogP contribution in [0.2, 0.25) is 5.02 Å². The highest BCUT2D eigenvalue weighted by Crippen LogP contribution is 2.26. The average molecular weight is 413 g/mol. The molecule has 0 spiro atoms. The van der Waals surface area contributed by atoms with Gasteiger partial charge in [0.15, 0.2) is 0 Å². The minimum atomic E-state index is -3.40. The molecule has 108 valence electrons. The molecular weight excluding hydrogens is 402 g/mol. The summed E-state index contributed by atoms with van der Waals surface area (Å²) < 4.78 is 27.6. The number of hydrogen-bond acceptors (Lipinski definition) is 4. The molecule has 8 heteroatoms. The smallest absolute Gasteiger partial charge is 0.210 e. The van der Waals surface area contributed by atoms with Crippen LogP contribution in [0.25, 0.3) is 0 Å². The molecule has 0 atom stereocenters. The zero-order valence-corrected chi connectivity index (χ0v) is 15.0. The predicted octanol–water partition coefficient (Wildman–Crippen LogP) is 4.23. The molecule has 0 fully saturated rings. The molecule has 1 heterocycles. The molecule has 0 amide bonds. The van der Waals surface area contributed by atoms with Gasteiger partial charge < -0.3 is 0 Å². The van der Waals surface area contributed by atoms with Crippen molar-refractivity contribution < 1.29 is 8.42 Å². The fourth-order valence-electron chi connectivity index (χ4n) is 1.39. The Balaban J connectivity index is 1.82. The maximum absolute atomic E-state index is 12.0. The second-order valence-corrected chi connectivity index (χ2v) is 9.82. The molecule has 1 aromatic heterocycles. The summed E-state index contributed by atoms with van der Waals surface area (Å²) in [5.74, 6) is 0.660. The largest absolute Gasteiger partial charge is 0.250 e. The van der Waals surface area contributed by atoms with E-state index in [4.69, 9.17) is 11.6 Å². The van der Waals surface area contributed by atoms with E-state index in [-0.39, 0.29) is 0 Å². The summed E-state index contributed by atoms with van der Waals surface area (Å²) in [5.41, 5.74) is 0. The third-order valence-corrected chi connectivity index (χ3v) is 7.13. The van der Waals surface area contributed by atoms with Crippen LogP contribution in [0, 0.1) is 0 Å². The van der Waals surface area contributed by atoms with Crippen LogP contribution in [-0.4, -0.2) is 20.7 Å². The average Bonchev–Trinajstić information content (AvgIpc) is 2.84. The Hall–Kier alpha value is -0.0500. The molecular formula is C12H11BrClNO2S3. The molecule has 1 N–H and O–H groups in total. The maximum atomic E-state index is 12.0. The van der Waals surface area contributed by atoms with Crippen LogP contribution < -0.4 is 4.72 Å². The van der Waals surface area contributed by atoms with E-state index in [9.17, 15) is 8.42 Å². The third kappa shape index (κ3) is 4.75. The van der Waals surface area contributed by atoms with Gasteiger partial charge in [0, 0.05) is 22.2 Å². The summed E-state index contributed by atoms with van der Waals surface area (Å²) in [7, 11) is -3.40. The highest BCUT2D eigenvalue weighted by Gasteiger charge is 2.15. The quantitative estimate of drug-likeness (QED) is 0.570. The fraction of sp³-hybridized carbons (Fsp3) is 0.167. The van der Waals surface area contributed by atoms with Crippen LogP contribution >= 0.6 is 50.6 Å². The lowest BCUT2D eigenvalue weighted by Crippen LogP contribution is -2.25. The molecule has 0 aliphatic heterocycles. The molecule has 0 unspecified atom stereocenters. The van der Waals surface area contributed by atoms with Gasteiger partial charge in [-0.2, -0.15) is 0 Å². The number of thiophene rings is 1. The van der Waals surface area contributed by atoms with E-state index in [2.05, 4.69) is 20.7 Å².